The Kier molecular flexibility index (Phi) is 10.3. The number of carbonyl (C=O) groups is 2. The number of amides is 2. The van der Waals surface area contributed by atoms with Crippen molar-refractivity contribution in [2.45, 2.75) is 98.9 Å². The first-order valence-corrected chi connectivity index (χ1v) is 14.8. The van der Waals surface area contributed by atoms with Crippen LogP contribution in [0.4, 0.5) is 15.5 Å². The molecular weight excluding hydrogens is 548 g/mol. The quantitative estimate of drug-likeness (QED) is 0.327. The average molecular weight is 597 g/mol. The van der Waals surface area contributed by atoms with Crippen LogP contribution in [0.25, 0.3) is 11.3 Å². The molecule has 3 rings (SSSR count). The first-order valence-electron chi connectivity index (χ1n) is 14.8. The predicted molar refractivity (Wildman–Crippen MR) is 169 cm³/mol. The number of alkyl carbamates (subject to hydrolysis) is 1. The zero-order chi connectivity index (χ0) is 32.2. The number of aromatic nitrogens is 2. The number of ether oxygens (including phenoxy) is 3. The molecule has 43 heavy (non-hydrogen) atoms. The number of anilines is 1. The molecule has 1 aliphatic rings. The third-order valence-corrected chi connectivity index (χ3v) is 6.15. The summed E-state index contributed by atoms with van der Waals surface area (Å²) in [5.41, 5.74) is 1.36. The molecule has 0 aliphatic carbocycles. The molecule has 0 saturated carbocycles. The summed E-state index contributed by atoms with van der Waals surface area (Å²) in [6.45, 7) is 23.1. The molecule has 1 N–H and O–H groups in total. The van der Waals surface area contributed by atoms with Gasteiger partial charge in [0, 0.05) is 43.5 Å². The van der Waals surface area contributed by atoms with Crippen molar-refractivity contribution in [3.8, 4) is 17.0 Å². The summed E-state index contributed by atoms with van der Waals surface area (Å²) in [5.74, 6) is 1.56. The second-order valence-corrected chi connectivity index (χ2v) is 13.9. The van der Waals surface area contributed by atoms with Crippen molar-refractivity contribution in [1.82, 2.24) is 20.2 Å². The summed E-state index contributed by atoms with van der Waals surface area (Å²) in [6.07, 6.45) is 0.341. The van der Waals surface area contributed by atoms with Gasteiger partial charge in [0.05, 0.1) is 11.8 Å². The van der Waals surface area contributed by atoms with Crippen molar-refractivity contribution in [1.29, 1.82) is 0 Å². The predicted octanol–water partition coefficient (Wildman–Crippen LogP) is 6.17. The molecule has 1 aliphatic heterocycles. The minimum absolute atomic E-state index is 0.0744. The number of nitrogens with one attached hydrogen (secondary N) is 1. The van der Waals surface area contributed by atoms with Crippen LogP contribution in [-0.2, 0) is 14.9 Å². The van der Waals surface area contributed by atoms with Gasteiger partial charge < -0.3 is 24.0 Å². The van der Waals surface area contributed by atoms with Gasteiger partial charge in [0.2, 0.25) is 11.9 Å². The Morgan fingerprint density at radius 2 is 1.53 bits per heavy atom. The van der Waals surface area contributed by atoms with Crippen LogP contribution in [0, 0.1) is 0 Å². The lowest BCUT2D eigenvalue weighted by Crippen LogP contribution is -2.54. The second-order valence-electron chi connectivity index (χ2n) is 13.9. The molecule has 2 aromatic rings. The Morgan fingerprint density at radius 1 is 0.907 bits per heavy atom. The largest absolute Gasteiger partial charge is 0.491 e. The van der Waals surface area contributed by atoms with Crippen molar-refractivity contribution in [2.24, 2.45) is 4.99 Å². The van der Waals surface area contributed by atoms with Crippen molar-refractivity contribution in [3.63, 3.8) is 0 Å². The van der Waals surface area contributed by atoms with Gasteiger partial charge in [-0.15, -0.1) is 4.99 Å². The highest BCUT2D eigenvalue weighted by molar-refractivity contribution is 5.99. The average Bonchev–Trinajstić information content (AvgIpc) is 2.85. The molecule has 0 atom stereocenters. The number of guanidine groups is 1. The van der Waals surface area contributed by atoms with Crippen LogP contribution in [0.5, 0.6) is 5.75 Å². The van der Waals surface area contributed by atoms with Gasteiger partial charge in [0.1, 0.15) is 17.0 Å². The zero-order valence-electron chi connectivity index (χ0n) is 27.6. The SMILES string of the molecule is CC(C)Oc1ccc(-c2ccnc(N3CCN(C(=NC(=O)OC(C)(C)C)NC(=O)OC(C)(C)C)CC3)n2)cc1C(C)(C)C. The van der Waals surface area contributed by atoms with Crippen LogP contribution in [0.15, 0.2) is 35.5 Å². The number of rotatable bonds is 4. The van der Waals surface area contributed by atoms with E-state index in [-0.39, 0.29) is 17.5 Å². The first kappa shape index (κ1) is 33.6. The maximum absolute atomic E-state index is 12.6. The highest BCUT2D eigenvalue weighted by Crippen LogP contribution is 2.35. The molecule has 0 bridgehead atoms. The van der Waals surface area contributed by atoms with Crippen molar-refractivity contribution in [2.75, 3.05) is 31.1 Å². The molecule has 0 radical (unpaired) electrons. The monoisotopic (exact) mass is 596 g/mol. The van der Waals surface area contributed by atoms with Crippen LogP contribution in [0.2, 0.25) is 0 Å². The second kappa shape index (κ2) is 13.2. The van der Waals surface area contributed by atoms with E-state index in [1.54, 1.807) is 47.7 Å². The van der Waals surface area contributed by atoms with E-state index in [1.165, 1.54) is 0 Å². The maximum atomic E-state index is 12.6. The number of nitrogens with zero attached hydrogens (tertiary/aromatic N) is 5. The minimum atomic E-state index is -0.795. The zero-order valence-corrected chi connectivity index (χ0v) is 27.6. The molecule has 11 heteroatoms. The Balaban J connectivity index is 1.80. The summed E-state index contributed by atoms with van der Waals surface area (Å²) >= 11 is 0. The molecule has 1 aromatic carbocycles. The maximum Gasteiger partial charge on any atom is 0.437 e. The number of aliphatic imine (C=N–C) groups is 1. The van der Waals surface area contributed by atoms with Crippen molar-refractivity contribution >= 4 is 24.1 Å². The van der Waals surface area contributed by atoms with Crippen LogP contribution >= 0.6 is 0 Å². The van der Waals surface area contributed by atoms with Gasteiger partial charge in [-0.1, -0.05) is 20.8 Å². The highest BCUT2D eigenvalue weighted by Gasteiger charge is 2.27. The minimum Gasteiger partial charge on any atom is -0.491 e. The van der Waals surface area contributed by atoms with Gasteiger partial charge in [-0.25, -0.2) is 19.6 Å². The van der Waals surface area contributed by atoms with Gasteiger partial charge in [0.25, 0.3) is 0 Å². The fraction of sp³-hybridized carbons (Fsp3) is 0.594. The topological polar surface area (TPSA) is 118 Å². The molecule has 1 fully saturated rings. The van der Waals surface area contributed by atoms with Crippen LogP contribution in [0.1, 0.15) is 81.7 Å². The third-order valence-electron chi connectivity index (χ3n) is 6.15. The number of piperazine rings is 1. The van der Waals surface area contributed by atoms with E-state index >= 15 is 0 Å². The Hall–Kier alpha value is -3.89. The molecule has 2 heterocycles. The van der Waals surface area contributed by atoms with Gasteiger partial charge in [-0.3, -0.25) is 5.32 Å². The molecule has 1 aromatic heterocycles. The molecule has 11 nitrogen and oxygen atoms in total. The van der Waals surface area contributed by atoms with E-state index in [1.807, 2.05) is 36.9 Å². The number of hydrogen-bond acceptors (Lipinski definition) is 8. The van der Waals surface area contributed by atoms with Crippen LogP contribution in [0.3, 0.4) is 0 Å². The van der Waals surface area contributed by atoms with E-state index in [2.05, 4.69) is 47.0 Å². The van der Waals surface area contributed by atoms with Crippen molar-refractivity contribution in [3.05, 3.63) is 36.0 Å². The Labute approximate surface area is 256 Å². The lowest BCUT2D eigenvalue weighted by atomic mass is 9.85. The van der Waals surface area contributed by atoms with E-state index in [9.17, 15) is 9.59 Å². The molecule has 1 saturated heterocycles. The molecule has 0 unspecified atom stereocenters. The van der Waals surface area contributed by atoms with Gasteiger partial charge in [-0.05, 0) is 85.1 Å². The molecule has 236 valence electrons. The number of benzene rings is 1. The molecule has 0 spiro atoms. The van der Waals surface area contributed by atoms with Gasteiger partial charge >= 0.3 is 12.2 Å². The van der Waals surface area contributed by atoms with E-state index in [0.29, 0.717) is 32.1 Å². The Morgan fingerprint density at radius 3 is 2.09 bits per heavy atom. The lowest BCUT2D eigenvalue weighted by Gasteiger charge is -2.36. The van der Waals surface area contributed by atoms with E-state index in [4.69, 9.17) is 19.2 Å². The van der Waals surface area contributed by atoms with E-state index in [0.717, 1.165) is 22.6 Å². The summed E-state index contributed by atoms with van der Waals surface area (Å²) in [4.78, 5) is 42.5. The summed E-state index contributed by atoms with van der Waals surface area (Å²) < 4.78 is 16.8. The molecule has 2 amide bonds. The fourth-order valence-corrected chi connectivity index (χ4v) is 4.36. The van der Waals surface area contributed by atoms with Crippen LogP contribution < -0.4 is 15.0 Å². The highest BCUT2D eigenvalue weighted by atomic mass is 16.6. The lowest BCUT2D eigenvalue weighted by molar-refractivity contribution is 0.0554. The van der Waals surface area contributed by atoms with E-state index < -0.39 is 23.4 Å². The standard InChI is InChI=1S/C32H48N6O5/c1-21(2)41-25-13-12-22(20-23(25)30(3,4)5)24-14-15-33-26(34-24)37-16-18-38(19-17-37)27(35-28(39)42-31(6,7)8)36-29(40)43-32(9,10)11/h12-15,20-21H,16-19H2,1-11H3,(H,35,36,39,40). The van der Waals surface area contributed by atoms with Gasteiger partial charge in [-0.2, -0.15) is 0 Å². The number of hydrogen-bond donors (Lipinski definition) is 1. The summed E-state index contributed by atoms with van der Waals surface area (Å²) in [6, 6.07) is 8.09. The van der Waals surface area contributed by atoms with Crippen LogP contribution in [-0.4, -0.2) is 76.5 Å². The smallest absolute Gasteiger partial charge is 0.437 e. The summed E-state index contributed by atoms with van der Waals surface area (Å²) in [5, 5.41) is 2.63. The summed E-state index contributed by atoms with van der Waals surface area (Å²) in [7, 11) is 0. The normalized spacial score (nSPS) is 14.9. The Bertz CT molecular complexity index is 1310. The molecular formula is C32H48N6O5. The fourth-order valence-electron chi connectivity index (χ4n) is 4.36. The van der Waals surface area contributed by atoms with Crippen molar-refractivity contribution < 1.29 is 23.8 Å². The van der Waals surface area contributed by atoms with Gasteiger partial charge in [0.15, 0.2) is 0 Å². The number of carbonyl (C=O) groups excluding carboxylic acids is 2. The third kappa shape index (κ3) is 10.4. The first-order chi connectivity index (χ1) is 19.8.